The van der Waals surface area contributed by atoms with Gasteiger partial charge in [-0.1, -0.05) is 24.3 Å². The maximum atomic E-state index is 12.4. The Balaban J connectivity index is 1.70. The van der Waals surface area contributed by atoms with Gasteiger partial charge in [0.2, 0.25) is 10.0 Å². The van der Waals surface area contributed by atoms with E-state index in [2.05, 4.69) is 4.72 Å². The monoisotopic (exact) mass is 333 g/mol. The second kappa shape index (κ2) is 6.02. The number of hydrogen-bond donors (Lipinski definition) is 2. The highest BCUT2D eigenvalue weighted by molar-refractivity contribution is 7.89. The standard InChI is InChI=1S/C16H15NO5S/c18-16(19)10-22-12-5-7-13(8-6-12)23(20,21)17-15-9-11-3-1-2-4-14(11)15/h1-8,15,17H,9-10H2,(H,18,19). The molecule has 0 bridgehead atoms. The van der Waals surface area contributed by atoms with E-state index in [4.69, 9.17) is 9.84 Å². The molecular formula is C16H15NO5S. The molecule has 0 aromatic heterocycles. The number of rotatable bonds is 6. The average molecular weight is 333 g/mol. The Bertz CT molecular complexity index is 830. The number of sulfonamides is 1. The summed E-state index contributed by atoms with van der Waals surface area (Å²) < 4.78 is 32.4. The van der Waals surface area contributed by atoms with Gasteiger partial charge in [-0.3, -0.25) is 0 Å². The minimum absolute atomic E-state index is 0.115. The Labute approximate surface area is 133 Å². The summed E-state index contributed by atoms with van der Waals surface area (Å²) in [4.78, 5) is 10.5. The molecule has 120 valence electrons. The molecule has 7 heteroatoms. The van der Waals surface area contributed by atoms with Crippen LogP contribution in [0.15, 0.2) is 53.4 Å². The highest BCUT2D eigenvalue weighted by atomic mass is 32.2. The molecule has 0 saturated heterocycles. The van der Waals surface area contributed by atoms with Crippen LogP contribution in [-0.4, -0.2) is 26.1 Å². The van der Waals surface area contributed by atoms with E-state index in [1.807, 2.05) is 24.3 Å². The van der Waals surface area contributed by atoms with Crippen molar-refractivity contribution in [2.45, 2.75) is 17.4 Å². The summed E-state index contributed by atoms with van der Waals surface area (Å²) in [5.74, 6) is -0.785. The van der Waals surface area contributed by atoms with Gasteiger partial charge in [0, 0.05) is 0 Å². The molecule has 1 aliphatic rings. The van der Waals surface area contributed by atoms with Gasteiger partial charge in [0.15, 0.2) is 6.61 Å². The fourth-order valence-corrected chi connectivity index (χ4v) is 3.69. The average Bonchev–Trinajstić information content (AvgIpc) is 2.51. The Morgan fingerprint density at radius 3 is 2.52 bits per heavy atom. The Kier molecular flexibility index (Phi) is 4.06. The molecule has 0 spiro atoms. The van der Waals surface area contributed by atoms with Gasteiger partial charge in [-0.25, -0.2) is 17.9 Å². The first-order valence-corrected chi connectivity index (χ1v) is 8.49. The van der Waals surface area contributed by atoms with Crippen LogP contribution in [0.3, 0.4) is 0 Å². The molecule has 2 aromatic carbocycles. The largest absolute Gasteiger partial charge is 0.482 e. The first-order chi connectivity index (χ1) is 11.0. The number of nitrogens with one attached hydrogen (secondary N) is 1. The van der Waals surface area contributed by atoms with Gasteiger partial charge in [0.05, 0.1) is 10.9 Å². The lowest BCUT2D eigenvalue weighted by Gasteiger charge is -2.30. The van der Waals surface area contributed by atoms with E-state index < -0.39 is 22.6 Å². The summed E-state index contributed by atoms with van der Waals surface area (Å²) in [7, 11) is -3.63. The summed E-state index contributed by atoms with van der Waals surface area (Å²) in [6.07, 6.45) is 0.676. The third-order valence-electron chi connectivity index (χ3n) is 3.65. The Hall–Kier alpha value is -2.38. The normalized spacial score (nSPS) is 16.3. The maximum Gasteiger partial charge on any atom is 0.341 e. The molecule has 1 atom stereocenters. The number of benzene rings is 2. The second-order valence-electron chi connectivity index (χ2n) is 5.23. The number of carbonyl (C=O) groups is 1. The summed E-state index contributed by atoms with van der Waals surface area (Å²) in [5.41, 5.74) is 2.15. The summed E-state index contributed by atoms with van der Waals surface area (Å²) in [6, 6.07) is 13.2. The molecule has 1 unspecified atom stereocenters. The third kappa shape index (κ3) is 3.35. The van der Waals surface area contributed by atoms with Crippen LogP contribution in [0, 0.1) is 0 Å². The number of ether oxygens (including phenoxy) is 1. The molecule has 0 fully saturated rings. The van der Waals surface area contributed by atoms with Gasteiger partial charge in [-0.2, -0.15) is 0 Å². The highest BCUT2D eigenvalue weighted by Gasteiger charge is 2.29. The van der Waals surface area contributed by atoms with Crippen LogP contribution in [-0.2, 0) is 21.2 Å². The van der Waals surface area contributed by atoms with Crippen molar-refractivity contribution in [3.63, 3.8) is 0 Å². The molecule has 0 amide bonds. The van der Waals surface area contributed by atoms with Crippen LogP contribution in [0.2, 0.25) is 0 Å². The molecule has 0 saturated carbocycles. The van der Waals surface area contributed by atoms with Gasteiger partial charge >= 0.3 is 5.97 Å². The van der Waals surface area contributed by atoms with Gasteiger partial charge < -0.3 is 9.84 Å². The first-order valence-electron chi connectivity index (χ1n) is 7.00. The van der Waals surface area contributed by atoms with Crippen LogP contribution in [0.5, 0.6) is 5.75 Å². The molecule has 2 aromatic rings. The number of hydrogen-bond acceptors (Lipinski definition) is 4. The lowest BCUT2D eigenvalue weighted by Crippen LogP contribution is -2.35. The van der Waals surface area contributed by atoms with E-state index in [-0.39, 0.29) is 10.9 Å². The fourth-order valence-electron chi connectivity index (χ4n) is 2.48. The zero-order chi connectivity index (χ0) is 16.4. The van der Waals surface area contributed by atoms with Crippen LogP contribution in [0.25, 0.3) is 0 Å². The fraction of sp³-hybridized carbons (Fsp3) is 0.188. The molecule has 0 radical (unpaired) electrons. The minimum Gasteiger partial charge on any atom is -0.482 e. The van der Waals surface area contributed by atoms with E-state index in [0.717, 1.165) is 11.1 Å². The topological polar surface area (TPSA) is 92.7 Å². The van der Waals surface area contributed by atoms with Crippen LogP contribution >= 0.6 is 0 Å². The molecular weight excluding hydrogens is 318 g/mol. The van der Waals surface area contributed by atoms with E-state index in [0.29, 0.717) is 12.2 Å². The van der Waals surface area contributed by atoms with Gasteiger partial charge in [-0.15, -0.1) is 0 Å². The molecule has 6 nitrogen and oxygen atoms in total. The SMILES string of the molecule is O=C(O)COc1ccc(S(=O)(=O)NC2Cc3ccccc32)cc1. The van der Waals surface area contributed by atoms with E-state index in [1.165, 1.54) is 24.3 Å². The lowest BCUT2D eigenvalue weighted by atomic mass is 9.84. The van der Waals surface area contributed by atoms with Crippen LogP contribution in [0.1, 0.15) is 17.2 Å². The second-order valence-corrected chi connectivity index (χ2v) is 6.94. The van der Waals surface area contributed by atoms with Crippen molar-refractivity contribution >= 4 is 16.0 Å². The van der Waals surface area contributed by atoms with Crippen molar-refractivity contribution in [2.24, 2.45) is 0 Å². The predicted molar refractivity (Wildman–Crippen MR) is 82.8 cm³/mol. The molecule has 3 rings (SSSR count). The van der Waals surface area contributed by atoms with Crippen molar-refractivity contribution in [1.82, 2.24) is 4.72 Å². The quantitative estimate of drug-likeness (QED) is 0.840. The number of carboxylic acid groups (broad SMARTS) is 1. The van der Waals surface area contributed by atoms with Crippen LogP contribution < -0.4 is 9.46 Å². The zero-order valence-electron chi connectivity index (χ0n) is 12.1. The summed E-state index contributed by atoms with van der Waals surface area (Å²) in [5, 5.41) is 8.54. The molecule has 2 N–H and O–H groups in total. The van der Waals surface area contributed by atoms with E-state index in [9.17, 15) is 13.2 Å². The van der Waals surface area contributed by atoms with Gasteiger partial charge in [0.1, 0.15) is 5.75 Å². The first kappa shape index (κ1) is 15.5. The summed E-state index contributed by atoms with van der Waals surface area (Å²) in [6.45, 7) is -0.469. The predicted octanol–water partition coefficient (Wildman–Crippen LogP) is 1.73. The van der Waals surface area contributed by atoms with Gasteiger partial charge in [0.25, 0.3) is 0 Å². The molecule has 0 aliphatic heterocycles. The summed E-state index contributed by atoms with van der Waals surface area (Å²) >= 11 is 0. The Morgan fingerprint density at radius 2 is 1.87 bits per heavy atom. The van der Waals surface area contributed by atoms with Gasteiger partial charge in [-0.05, 0) is 41.8 Å². The molecule has 0 heterocycles. The maximum absolute atomic E-state index is 12.4. The number of aliphatic carboxylic acids is 1. The zero-order valence-corrected chi connectivity index (χ0v) is 12.9. The lowest BCUT2D eigenvalue weighted by molar-refractivity contribution is -0.139. The molecule has 1 aliphatic carbocycles. The van der Waals surface area contributed by atoms with Crippen molar-refractivity contribution in [3.8, 4) is 5.75 Å². The van der Waals surface area contributed by atoms with Crippen molar-refractivity contribution in [3.05, 3.63) is 59.7 Å². The molecule has 23 heavy (non-hydrogen) atoms. The third-order valence-corrected chi connectivity index (χ3v) is 5.14. The minimum atomic E-state index is -3.63. The van der Waals surface area contributed by atoms with Crippen molar-refractivity contribution in [1.29, 1.82) is 0 Å². The smallest absolute Gasteiger partial charge is 0.341 e. The Morgan fingerprint density at radius 1 is 1.17 bits per heavy atom. The van der Waals surface area contributed by atoms with E-state index in [1.54, 1.807) is 0 Å². The van der Waals surface area contributed by atoms with Crippen LogP contribution in [0.4, 0.5) is 0 Å². The van der Waals surface area contributed by atoms with Crippen molar-refractivity contribution < 1.29 is 23.1 Å². The highest BCUT2D eigenvalue weighted by Crippen LogP contribution is 2.33. The van der Waals surface area contributed by atoms with E-state index >= 15 is 0 Å². The van der Waals surface area contributed by atoms with Crippen molar-refractivity contribution in [2.75, 3.05) is 6.61 Å². The number of carboxylic acids is 1. The number of fused-ring (bicyclic) bond motifs is 1.